The second-order valence-electron chi connectivity index (χ2n) is 8.08. The number of rotatable bonds is 5. The van der Waals surface area contributed by atoms with Gasteiger partial charge in [-0.15, -0.1) is 0 Å². The fourth-order valence-electron chi connectivity index (χ4n) is 2.93. The Labute approximate surface area is 181 Å². The number of furan rings is 1. The second kappa shape index (κ2) is 8.77. The molecule has 1 aromatic heterocycles. The van der Waals surface area contributed by atoms with E-state index in [0.29, 0.717) is 5.56 Å². The van der Waals surface area contributed by atoms with Crippen molar-refractivity contribution < 1.29 is 22.4 Å². The number of benzene rings is 2. The van der Waals surface area contributed by atoms with Gasteiger partial charge in [-0.1, -0.05) is 51.1 Å². The summed E-state index contributed by atoms with van der Waals surface area (Å²) in [6.07, 6.45) is 1.23. The molecule has 0 unspecified atom stereocenters. The largest absolute Gasteiger partial charge is 0.459 e. The maximum absolute atomic E-state index is 12.6. The summed E-state index contributed by atoms with van der Waals surface area (Å²) >= 11 is 0. The van der Waals surface area contributed by atoms with Crippen molar-refractivity contribution in [3.63, 3.8) is 0 Å². The molecule has 2 amide bonds. The molecule has 8 heteroatoms. The third-order valence-electron chi connectivity index (χ3n) is 4.70. The Morgan fingerprint density at radius 2 is 1.48 bits per heavy atom. The van der Waals surface area contributed by atoms with Crippen molar-refractivity contribution in [2.45, 2.75) is 36.8 Å². The monoisotopic (exact) mass is 440 g/mol. The average molecular weight is 441 g/mol. The van der Waals surface area contributed by atoms with Gasteiger partial charge in [0.05, 0.1) is 16.9 Å². The van der Waals surface area contributed by atoms with Crippen LogP contribution in [0.3, 0.4) is 0 Å². The van der Waals surface area contributed by atoms with Crippen molar-refractivity contribution in [1.82, 2.24) is 10.9 Å². The molecular formula is C23H24N2O5S. The van der Waals surface area contributed by atoms with E-state index in [0.717, 1.165) is 5.56 Å². The quantitative estimate of drug-likeness (QED) is 0.590. The molecule has 0 spiro atoms. The number of hydrazine groups is 1. The smallest absolute Gasteiger partial charge is 0.305 e. The summed E-state index contributed by atoms with van der Waals surface area (Å²) in [5, 5.41) is 0. The van der Waals surface area contributed by atoms with Gasteiger partial charge in [-0.25, -0.2) is 8.42 Å². The van der Waals surface area contributed by atoms with Crippen molar-refractivity contribution in [2.24, 2.45) is 0 Å². The first-order chi connectivity index (χ1) is 14.6. The molecule has 7 nitrogen and oxygen atoms in total. The minimum absolute atomic E-state index is 0.0427. The number of nitrogens with one attached hydrogen (secondary N) is 2. The van der Waals surface area contributed by atoms with Gasteiger partial charge in [-0.2, -0.15) is 0 Å². The first-order valence-corrected chi connectivity index (χ1v) is 11.3. The average Bonchev–Trinajstić information content (AvgIpc) is 3.19. The molecule has 2 N–H and O–H groups in total. The summed E-state index contributed by atoms with van der Waals surface area (Å²) in [5.41, 5.74) is 6.19. The lowest BCUT2D eigenvalue weighted by atomic mass is 9.87. The molecule has 0 aliphatic rings. The predicted octanol–water partition coefficient (Wildman–Crippen LogP) is 3.63. The highest BCUT2D eigenvalue weighted by Crippen LogP contribution is 2.22. The number of amides is 2. The highest BCUT2D eigenvalue weighted by atomic mass is 32.2. The van der Waals surface area contributed by atoms with Crippen LogP contribution < -0.4 is 10.9 Å². The molecule has 0 saturated carbocycles. The summed E-state index contributed by atoms with van der Waals surface area (Å²) in [4.78, 5) is 24.9. The summed E-state index contributed by atoms with van der Waals surface area (Å²) < 4.78 is 30.3. The van der Waals surface area contributed by atoms with E-state index < -0.39 is 27.4 Å². The van der Waals surface area contributed by atoms with Crippen molar-refractivity contribution in [3.8, 4) is 0 Å². The molecule has 162 valence electrons. The Morgan fingerprint density at radius 3 is 2.10 bits per heavy atom. The van der Waals surface area contributed by atoms with Crippen LogP contribution in [0.4, 0.5) is 0 Å². The SMILES string of the molecule is CC(C)(C)c1ccc(C(=O)NNC(=O)c2occc2CS(=O)(=O)c2ccccc2)cc1. The summed E-state index contributed by atoms with van der Waals surface area (Å²) in [6.45, 7) is 6.21. The first kappa shape index (κ1) is 22.3. The molecule has 31 heavy (non-hydrogen) atoms. The summed E-state index contributed by atoms with van der Waals surface area (Å²) in [5.74, 6) is -1.83. The maximum atomic E-state index is 12.6. The van der Waals surface area contributed by atoms with Crippen LogP contribution in [0.15, 0.2) is 76.2 Å². The Bertz CT molecular complexity index is 1170. The second-order valence-corrected chi connectivity index (χ2v) is 10.1. The lowest BCUT2D eigenvalue weighted by Gasteiger charge is -2.19. The maximum Gasteiger partial charge on any atom is 0.305 e. The minimum Gasteiger partial charge on any atom is -0.459 e. The topological polar surface area (TPSA) is 105 Å². The molecule has 0 saturated heterocycles. The van der Waals surface area contributed by atoms with Crippen molar-refractivity contribution in [3.05, 3.63) is 89.4 Å². The van der Waals surface area contributed by atoms with Crippen molar-refractivity contribution in [1.29, 1.82) is 0 Å². The van der Waals surface area contributed by atoms with E-state index in [1.807, 2.05) is 12.1 Å². The van der Waals surface area contributed by atoms with Gasteiger partial charge in [0.25, 0.3) is 5.91 Å². The molecule has 0 bridgehead atoms. The fourth-order valence-corrected chi connectivity index (χ4v) is 4.30. The van der Waals surface area contributed by atoms with Crippen molar-refractivity contribution >= 4 is 21.7 Å². The van der Waals surface area contributed by atoms with Gasteiger partial charge >= 0.3 is 5.91 Å². The summed E-state index contributed by atoms with van der Waals surface area (Å²) in [6, 6.07) is 16.4. The van der Waals surface area contributed by atoms with Crippen LogP contribution in [-0.2, 0) is 21.0 Å². The fraction of sp³-hybridized carbons (Fsp3) is 0.217. The van der Waals surface area contributed by atoms with Crippen molar-refractivity contribution in [2.75, 3.05) is 0 Å². The predicted molar refractivity (Wildman–Crippen MR) is 116 cm³/mol. The highest BCUT2D eigenvalue weighted by molar-refractivity contribution is 7.90. The third kappa shape index (κ3) is 5.40. The van der Waals surface area contributed by atoms with Gasteiger partial charge in [0.15, 0.2) is 15.6 Å². The minimum atomic E-state index is -3.66. The van der Waals surface area contributed by atoms with Gasteiger partial charge in [0.1, 0.15) is 0 Å². The molecule has 1 heterocycles. The number of hydrogen-bond acceptors (Lipinski definition) is 5. The van der Waals surface area contributed by atoms with E-state index >= 15 is 0 Å². The van der Waals surface area contributed by atoms with E-state index in [4.69, 9.17) is 4.42 Å². The third-order valence-corrected chi connectivity index (χ3v) is 6.38. The Morgan fingerprint density at radius 1 is 0.871 bits per heavy atom. The standard InChI is InChI=1S/C23H24N2O5S/c1-23(2,3)18-11-9-16(10-12-18)21(26)24-25-22(27)20-17(13-14-30-20)15-31(28,29)19-7-5-4-6-8-19/h4-14H,15H2,1-3H3,(H,24,26)(H,25,27). The lowest BCUT2D eigenvalue weighted by Crippen LogP contribution is -2.41. The molecular weight excluding hydrogens is 416 g/mol. The Kier molecular flexibility index (Phi) is 6.31. The lowest BCUT2D eigenvalue weighted by molar-refractivity contribution is 0.0830. The van der Waals surface area contributed by atoms with Crippen LogP contribution >= 0.6 is 0 Å². The molecule has 0 radical (unpaired) electrons. The number of hydrogen-bond donors (Lipinski definition) is 2. The van der Waals surface area contributed by atoms with Crippen LogP contribution in [0.1, 0.15) is 52.8 Å². The van der Waals surface area contributed by atoms with E-state index in [-0.39, 0.29) is 21.6 Å². The molecule has 0 atom stereocenters. The molecule has 3 rings (SSSR count). The normalized spacial score (nSPS) is 11.7. The first-order valence-electron chi connectivity index (χ1n) is 9.63. The van der Waals surface area contributed by atoms with Gasteiger partial charge in [-0.3, -0.25) is 20.4 Å². The number of carbonyl (C=O) groups is 2. The molecule has 0 aliphatic heterocycles. The van der Waals surface area contributed by atoms with Crippen LogP contribution in [0.2, 0.25) is 0 Å². The van der Waals surface area contributed by atoms with E-state index in [9.17, 15) is 18.0 Å². The van der Waals surface area contributed by atoms with Crippen LogP contribution in [0.25, 0.3) is 0 Å². The molecule has 3 aromatic rings. The zero-order valence-electron chi connectivity index (χ0n) is 17.5. The van der Waals surface area contributed by atoms with Gasteiger partial charge in [0, 0.05) is 11.1 Å². The number of carbonyl (C=O) groups excluding carboxylic acids is 2. The Hall–Kier alpha value is -3.39. The Balaban J connectivity index is 1.66. The highest BCUT2D eigenvalue weighted by Gasteiger charge is 2.23. The van der Waals surface area contributed by atoms with Crippen LogP contribution in [-0.4, -0.2) is 20.2 Å². The summed E-state index contributed by atoms with van der Waals surface area (Å²) in [7, 11) is -3.66. The van der Waals surface area contributed by atoms with Gasteiger partial charge < -0.3 is 4.42 Å². The van der Waals surface area contributed by atoms with E-state index in [1.54, 1.807) is 30.3 Å². The van der Waals surface area contributed by atoms with Crippen LogP contribution in [0, 0.1) is 0 Å². The van der Waals surface area contributed by atoms with E-state index in [2.05, 4.69) is 31.6 Å². The van der Waals surface area contributed by atoms with E-state index in [1.165, 1.54) is 24.5 Å². The molecule has 0 aliphatic carbocycles. The zero-order valence-corrected chi connectivity index (χ0v) is 18.3. The number of sulfone groups is 1. The van der Waals surface area contributed by atoms with Gasteiger partial charge in [-0.05, 0) is 41.3 Å². The van der Waals surface area contributed by atoms with Gasteiger partial charge in [0.2, 0.25) is 0 Å². The zero-order chi connectivity index (χ0) is 22.6. The molecule has 2 aromatic carbocycles. The molecule has 0 fully saturated rings. The van der Waals surface area contributed by atoms with Crippen LogP contribution in [0.5, 0.6) is 0 Å².